The molecule has 1 aromatic heterocycles. The first-order chi connectivity index (χ1) is 17.4. The average molecular weight is 533 g/mol. The zero-order chi connectivity index (χ0) is 27.2. The van der Waals surface area contributed by atoms with Crippen molar-refractivity contribution in [3.8, 4) is 0 Å². The zero-order valence-electron chi connectivity index (χ0n) is 20.3. The van der Waals surface area contributed by atoms with Crippen LogP contribution in [0.3, 0.4) is 0 Å². The van der Waals surface area contributed by atoms with Crippen LogP contribution in [0.4, 0.5) is 5.69 Å². The Morgan fingerprint density at radius 3 is 2.62 bits per heavy atom. The van der Waals surface area contributed by atoms with Gasteiger partial charge in [0.15, 0.2) is 5.96 Å². The summed E-state index contributed by atoms with van der Waals surface area (Å²) in [5.41, 5.74) is 0.288. The van der Waals surface area contributed by atoms with Crippen molar-refractivity contribution in [1.82, 2.24) is 20.9 Å². The van der Waals surface area contributed by atoms with Crippen LogP contribution in [0.2, 0.25) is 5.02 Å². The minimum Gasteiger partial charge on any atom is -0.481 e. The summed E-state index contributed by atoms with van der Waals surface area (Å²) in [6.45, 7) is 3.29. The third kappa shape index (κ3) is 8.41. The maximum absolute atomic E-state index is 12.6. The van der Waals surface area contributed by atoms with Gasteiger partial charge in [-0.05, 0) is 43.2 Å². The lowest BCUT2D eigenvalue weighted by Gasteiger charge is -2.23. The maximum atomic E-state index is 12.6. The number of aliphatic imine (C=N–C) groups is 1. The molecule has 0 fully saturated rings. The van der Waals surface area contributed by atoms with Gasteiger partial charge in [-0.15, -0.1) is 0 Å². The number of pyridine rings is 1. The number of carboxylic acids is 1. The fourth-order valence-corrected chi connectivity index (χ4v) is 3.73. The van der Waals surface area contributed by atoms with Crippen LogP contribution in [0.5, 0.6) is 0 Å². The van der Waals surface area contributed by atoms with Gasteiger partial charge in [0.05, 0.1) is 54.7 Å². The van der Waals surface area contributed by atoms with Gasteiger partial charge in [-0.25, -0.2) is 0 Å². The number of amides is 2. The van der Waals surface area contributed by atoms with E-state index in [0.29, 0.717) is 29.3 Å². The molecule has 12 nitrogen and oxygen atoms in total. The van der Waals surface area contributed by atoms with Crippen LogP contribution in [0.25, 0.3) is 0 Å². The molecular formula is C24H29ClN6O6. The Balaban J connectivity index is 1.64. The second-order valence-corrected chi connectivity index (χ2v) is 9.48. The van der Waals surface area contributed by atoms with Crippen molar-refractivity contribution in [3.05, 3.63) is 58.4 Å². The molecule has 198 valence electrons. The Hall–Kier alpha value is -3.74. The molecule has 1 aromatic carbocycles. The predicted molar refractivity (Wildman–Crippen MR) is 136 cm³/mol. The predicted octanol–water partition coefficient (Wildman–Crippen LogP) is 0.756. The highest BCUT2D eigenvalue weighted by molar-refractivity contribution is 6.30. The Bertz CT molecular complexity index is 1200. The van der Waals surface area contributed by atoms with E-state index in [-0.39, 0.29) is 17.1 Å². The van der Waals surface area contributed by atoms with E-state index in [0.717, 1.165) is 0 Å². The molecule has 1 unspecified atom stereocenters. The molecule has 2 amide bonds. The number of rotatable bonds is 9. The van der Waals surface area contributed by atoms with Gasteiger partial charge < -0.3 is 36.6 Å². The van der Waals surface area contributed by atoms with Gasteiger partial charge in [0, 0.05) is 17.8 Å². The van der Waals surface area contributed by atoms with Crippen molar-refractivity contribution in [1.29, 1.82) is 0 Å². The molecule has 13 heteroatoms. The lowest BCUT2D eigenvalue weighted by Crippen LogP contribution is -2.42. The first kappa shape index (κ1) is 27.8. The number of hydrogen-bond acceptors (Lipinski definition) is 9. The largest absolute Gasteiger partial charge is 0.481 e. The number of aliphatic carboxylic acids is 1. The smallest absolute Gasteiger partial charge is 0.305 e. The summed E-state index contributed by atoms with van der Waals surface area (Å²) in [6, 6.07) is 5.22. The van der Waals surface area contributed by atoms with Crippen LogP contribution in [0.1, 0.15) is 47.8 Å². The molecule has 0 aliphatic carbocycles. The number of benzene rings is 1. The number of anilines is 1. The van der Waals surface area contributed by atoms with E-state index in [1.807, 2.05) is 0 Å². The summed E-state index contributed by atoms with van der Waals surface area (Å²) in [4.78, 5) is 44.8. The van der Waals surface area contributed by atoms with E-state index < -0.39 is 48.5 Å². The number of aliphatic hydroxyl groups is 2. The van der Waals surface area contributed by atoms with Crippen molar-refractivity contribution in [2.45, 2.75) is 38.0 Å². The van der Waals surface area contributed by atoms with E-state index in [2.05, 4.69) is 31.2 Å². The Morgan fingerprint density at radius 1 is 1.22 bits per heavy atom. The van der Waals surface area contributed by atoms with Crippen LogP contribution in [-0.2, 0) is 15.2 Å². The van der Waals surface area contributed by atoms with Crippen LogP contribution >= 0.6 is 11.6 Å². The highest BCUT2D eigenvalue weighted by Crippen LogP contribution is 2.28. The maximum Gasteiger partial charge on any atom is 0.305 e. The van der Waals surface area contributed by atoms with E-state index in [9.17, 15) is 29.7 Å². The molecule has 37 heavy (non-hydrogen) atoms. The van der Waals surface area contributed by atoms with E-state index in [1.165, 1.54) is 24.5 Å². The average Bonchev–Trinajstić information content (AvgIpc) is 2.82. The topological polar surface area (TPSA) is 185 Å². The standard InChI is InChI=1S/C24H29ClN6O6/c1-24(2,37)15-3-13(4-16(25)6-15)19(7-21(34)35)31-20(33)12-27-22(36)14-5-17(9-26-8-14)30-23-28-10-18(32)11-29-23/h3-6,8-9,18-19,32,37H,7,10-12H2,1-2H3,(H,27,36)(H,31,33)(H,34,35)(H2,28,29,30)/t19-/m0/s1. The minimum absolute atomic E-state index is 0.181. The number of aromatic nitrogens is 1. The Labute approximate surface area is 218 Å². The van der Waals surface area contributed by atoms with Crippen molar-refractivity contribution < 1.29 is 29.7 Å². The van der Waals surface area contributed by atoms with Gasteiger partial charge in [-0.1, -0.05) is 17.7 Å². The first-order valence-corrected chi connectivity index (χ1v) is 11.8. The monoisotopic (exact) mass is 532 g/mol. The fraction of sp³-hybridized carbons (Fsp3) is 0.375. The van der Waals surface area contributed by atoms with Crippen molar-refractivity contribution in [2.24, 2.45) is 4.99 Å². The molecule has 1 aliphatic rings. The van der Waals surface area contributed by atoms with E-state index >= 15 is 0 Å². The third-order valence-corrected chi connectivity index (χ3v) is 5.60. The van der Waals surface area contributed by atoms with Crippen molar-refractivity contribution in [2.75, 3.05) is 25.0 Å². The molecule has 0 saturated carbocycles. The summed E-state index contributed by atoms with van der Waals surface area (Å²) < 4.78 is 0. The van der Waals surface area contributed by atoms with Gasteiger partial charge >= 0.3 is 5.97 Å². The van der Waals surface area contributed by atoms with Crippen LogP contribution in [-0.4, -0.2) is 69.8 Å². The van der Waals surface area contributed by atoms with E-state index in [1.54, 1.807) is 26.0 Å². The number of aliphatic hydroxyl groups excluding tert-OH is 1. The number of β-amino-alcohol motifs (C(OH)–C–C–N with tert-alkyl or cyclic N) is 1. The molecular weight excluding hydrogens is 504 g/mol. The number of halogens is 1. The minimum atomic E-state index is -1.23. The third-order valence-electron chi connectivity index (χ3n) is 5.38. The molecule has 7 N–H and O–H groups in total. The number of carboxylic acid groups (broad SMARTS) is 1. The van der Waals surface area contributed by atoms with Crippen LogP contribution < -0.4 is 21.3 Å². The Morgan fingerprint density at radius 2 is 1.97 bits per heavy atom. The second kappa shape index (κ2) is 12.0. The molecule has 3 rings (SSSR count). The van der Waals surface area contributed by atoms with Crippen LogP contribution in [0.15, 0.2) is 41.7 Å². The lowest BCUT2D eigenvalue weighted by molar-refractivity contribution is -0.137. The van der Waals surface area contributed by atoms with E-state index in [4.69, 9.17) is 11.6 Å². The molecule has 0 spiro atoms. The van der Waals surface area contributed by atoms with Gasteiger partial charge in [0.1, 0.15) is 0 Å². The SMILES string of the molecule is CC(C)(O)c1cc(Cl)cc([C@H](CC(=O)O)NC(=O)CNC(=O)c2cncc(NC3=NCC(O)CN3)c2)c1. The number of nitrogens with zero attached hydrogens (tertiary/aromatic N) is 2. The number of nitrogens with one attached hydrogen (secondary N) is 4. The van der Waals surface area contributed by atoms with Crippen LogP contribution in [0, 0.1) is 0 Å². The number of carbonyl (C=O) groups excluding carboxylic acids is 2. The van der Waals surface area contributed by atoms with Gasteiger partial charge in [-0.2, -0.15) is 0 Å². The van der Waals surface area contributed by atoms with Gasteiger partial charge in [0.25, 0.3) is 5.91 Å². The Kier molecular flexibility index (Phi) is 9.03. The quantitative estimate of drug-likeness (QED) is 0.245. The molecule has 1 aliphatic heterocycles. The number of guanidine groups is 1. The molecule has 2 atom stereocenters. The fourth-order valence-electron chi connectivity index (χ4n) is 3.49. The summed E-state index contributed by atoms with van der Waals surface area (Å²) in [6.07, 6.45) is 1.82. The normalized spacial score (nSPS) is 16.1. The lowest BCUT2D eigenvalue weighted by atomic mass is 9.93. The molecule has 0 saturated heterocycles. The summed E-state index contributed by atoms with van der Waals surface area (Å²) in [5, 5.41) is 40.4. The van der Waals surface area contributed by atoms with Crippen molar-refractivity contribution in [3.63, 3.8) is 0 Å². The molecule has 2 heterocycles. The molecule has 2 aromatic rings. The summed E-state index contributed by atoms with van der Waals surface area (Å²) in [7, 11) is 0. The van der Waals surface area contributed by atoms with Crippen molar-refractivity contribution >= 4 is 41.0 Å². The highest BCUT2D eigenvalue weighted by atomic mass is 35.5. The number of carbonyl (C=O) groups is 3. The van der Waals surface area contributed by atoms with Gasteiger partial charge in [-0.3, -0.25) is 24.4 Å². The summed E-state index contributed by atoms with van der Waals surface area (Å²) in [5.74, 6) is -1.91. The highest BCUT2D eigenvalue weighted by Gasteiger charge is 2.23. The second-order valence-electron chi connectivity index (χ2n) is 9.04. The molecule has 0 bridgehead atoms. The van der Waals surface area contributed by atoms with Gasteiger partial charge in [0.2, 0.25) is 5.91 Å². The number of hydrogen-bond donors (Lipinski definition) is 7. The summed E-state index contributed by atoms with van der Waals surface area (Å²) >= 11 is 6.16. The molecule has 0 radical (unpaired) electrons. The zero-order valence-corrected chi connectivity index (χ0v) is 21.0. The first-order valence-electron chi connectivity index (χ1n) is 11.4.